The standard InChI is InChI=1S/C13H21N3O3/c1-3-18-13(17)16-6-4-11(5-7-16)14-9-12-15-8-10(2)19-12/h8,11,14H,3-7,9H2,1-2H3. The predicted molar refractivity (Wildman–Crippen MR) is 69.7 cm³/mol. The van der Waals surface area contributed by atoms with Crippen LogP contribution in [0, 0.1) is 6.92 Å². The van der Waals surface area contributed by atoms with Crippen molar-refractivity contribution in [3.8, 4) is 0 Å². The van der Waals surface area contributed by atoms with Crippen LogP contribution < -0.4 is 5.32 Å². The lowest BCUT2D eigenvalue weighted by molar-refractivity contribution is 0.0948. The van der Waals surface area contributed by atoms with Crippen molar-refractivity contribution in [1.82, 2.24) is 15.2 Å². The number of likely N-dealkylation sites (tertiary alicyclic amines) is 1. The molecule has 106 valence electrons. The van der Waals surface area contributed by atoms with Gasteiger partial charge in [-0.15, -0.1) is 0 Å². The molecule has 0 radical (unpaired) electrons. The first-order valence-corrected chi connectivity index (χ1v) is 6.75. The minimum Gasteiger partial charge on any atom is -0.450 e. The molecular weight excluding hydrogens is 246 g/mol. The van der Waals surface area contributed by atoms with Gasteiger partial charge >= 0.3 is 6.09 Å². The molecule has 0 unspecified atom stereocenters. The Bertz CT molecular complexity index is 411. The highest BCUT2D eigenvalue weighted by atomic mass is 16.6. The van der Waals surface area contributed by atoms with E-state index in [1.807, 2.05) is 13.8 Å². The second-order valence-corrected chi connectivity index (χ2v) is 4.71. The van der Waals surface area contributed by atoms with E-state index in [2.05, 4.69) is 10.3 Å². The number of carbonyl (C=O) groups excluding carboxylic acids is 1. The number of carbonyl (C=O) groups is 1. The minimum atomic E-state index is -0.204. The molecule has 1 amide bonds. The third-order valence-electron chi connectivity index (χ3n) is 3.23. The number of aromatic nitrogens is 1. The number of oxazole rings is 1. The van der Waals surface area contributed by atoms with Gasteiger partial charge in [0.15, 0.2) is 0 Å². The first-order chi connectivity index (χ1) is 9.19. The number of aryl methyl sites for hydroxylation is 1. The number of rotatable bonds is 4. The van der Waals surface area contributed by atoms with Crippen molar-refractivity contribution >= 4 is 6.09 Å². The SMILES string of the molecule is CCOC(=O)N1CCC(NCc2ncc(C)o2)CC1. The summed E-state index contributed by atoms with van der Waals surface area (Å²) in [5.74, 6) is 1.54. The number of hydrogen-bond donors (Lipinski definition) is 1. The number of ether oxygens (including phenoxy) is 1. The van der Waals surface area contributed by atoms with Crippen LogP contribution in [0.2, 0.25) is 0 Å². The van der Waals surface area contributed by atoms with Gasteiger partial charge in [-0.3, -0.25) is 0 Å². The van der Waals surface area contributed by atoms with E-state index >= 15 is 0 Å². The fourth-order valence-corrected chi connectivity index (χ4v) is 2.20. The largest absolute Gasteiger partial charge is 0.450 e. The highest BCUT2D eigenvalue weighted by Gasteiger charge is 2.23. The summed E-state index contributed by atoms with van der Waals surface area (Å²) in [6.45, 7) is 6.25. The Hall–Kier alpha value is -1.56. The summed E-state index contributed by atoms with van der Waals surface area (Å²) in [5.41, 5.74) is 0. The molecule has 0 aliphatic carbocycles. The molecule has 1 N–H and O–H groups in total. The van der Waals surface area contributed by atoms with Crippen LogP contribution in [0.25, 0.3) is 0 Å². The fraction of sp³-hybridized carbons (Fsp3) is 0.692. The van der Waals surface area contributed by atoms with Gasteiger partial charge < -0.3 is 19.4 Å². The Morgan fingerprint density at radius 1 is 1.58 bits per heavy atom. The van der Waals surface area contributed by atoms with Crippen LogP contribution in [-0.4, -0.2) is 41.7 Å². The molecule has 6 nitrogen and oxygen atoms in total. The molecule has 1 aliphatic heterocycles. The van der Waals surface area contributed by atoms with Gasteiger partial charge in [0.05, 0.1) is 19.3 Å². The first kappa shape index (κ1) is 13.9. The monoisotopic (exact) mass is 267 g/mol. The zero-order valence-electron chi connectivity index (χ0n) is 11.5. The molecule has 2 heterocycles. The second kappa shape index (κ2) is 6.56. The number of nitrogens with zero attached hydrogens (tertiary/aromatic N) is 2. The van der Waals surface area contributed by atoms with Crippen molar-refractivity contribution in [2.45, 2.75) is 39.3 Å². The lowest BCUT2D eigenvalue weighted by atomic mass is 10.1. The average Bonchev–Trinajstić information content (AvgIpc) is 2.83. The normalized spacial score (nSPS) is 16.6. The lowest BCUT2D eigenvalue weighted by Crippen LogP contribution is -2.44. The van der Waals surface area contributed by atoms with Crippen molar-refractivity contribution in [2.24, 2.45) is 0 Å². The Labute approximate surface area is 113 Å². The summed E-state index contributed by atoms with van der Waals surface area (Å²) in [4.78, 5) is 17.5. The molecule has 6 heteroatoms. The van der Waals surface area contributed by atoms with E-state index in [9.17, 15) is 4.79 Å². The van der Waals surface area contributed by atoms with E-state index in [-0.39, 0.29) is 6.09 Å². The zero-order chi connectivity index (χ0) is 13.7. The maximum atomic E-state index is 11.5. The van der Waals surface area contributed by atoms with Gasteiger partial charge in [0.25, 0.3) is 0 Å². The van der Waals surface area contributed by atoms with E-state index in [1.54, 1.807) is 11.1 Å². The average molecular weight is 267 g/mol. The third kappa shape index (κ3) is 3.96. The molecule has 1 aliphatic rings. The molecule has 0 atom stereocenters. The number of piperidine rings is 1. The van der Waals surface area contributed by atoms with Crippen LogP contribution in [0.5, 0.6) is 0 Å². The number of amides is 1. The summed E-state index contributed by atoms with van der Waals surface area (Å²) in [6, 6.07) is 0.401. The number of hydrogen-bond acceptors (Lipinski definition) is 5. The molecule has 19 heavy (non-hydrogen) atoms. The highest BCUT2D eigenvalue weighted by Crippen LogP contribution is 2.12. The highest BCUT2D eigenvalue weighted by molar-refractivity contribution is 5.67. The second-order valence-electron chi connectivity index (χ2n) is 4.71. The van der Waals surface area contributed by atoms with Crippen LogP contribution in [-0.2, 0) is 11.3 Å². The molecule has 1 fully saturated rings. The molecule has 0 spiro atoms. The minimum absolute atomic E-state index is 0.204. The first-order valence-electron chi connectivity index (χ1n) is 6.75. The Morgan fingerprint density at radius 3 is 2.89 bits per heavy atom. The van der Waals surface area contributed by atoms with Crippen molar-refractivity contribution < 1.29 is 13.9 Å². The van der Waals surface area contributed by atoms with Gasteiger partial charge in [0.1, 0.15) is 5.76 Å². The molecule has 0 bridgehead atoms. The van der Waals surface area contributed by atoms with Crippen LogP contribution in [0.3, 0.4) is 0 Å². The van der Waals surface area contributed by atoms with Gasteiger partial charge in [-0.2, -0.15) is 0 Å². The van der Waals surface area contributed by atoms with E-state index in [0.717, 1.165) is 31.7 Å². The van der Waals surface area contributed by atoms with Crippen molar-refractivity contribution in [3.63, 3.8) is 0 Å². The van der Waals surface area contributed by atoms with Crippen LogP contribution in [0.1, 0.15) is 31.4 Å². The van der Waals surface area contributed by atoms with Gasteiger partial charge in [0.2, 0.25) is 5.89 Å². The fourth-order valence-electron chi connectivity index (χ4n) is 2.20. The maximum absolute atomic E-state index is 11.5. The molecule has 2 rings (SSSR count). The smallest absolute Gasteiger partial charge is 0.409 e. The van der Waals surface area contributed by atoms with Crippen molar-refractivity contribution in [1.29, 1.82) is 0 Å². The quantitative estimate of drug-likeness (QED) is 0.899. The van der Waals surface area contributed by atoms with E-state index in [1.165, 1.54) is 0 Å². The van der Waals surface area contributed by atoms with E-state index < -0.39 is 0 Å². The van der Waals surface area contributed by atoms with Crippen LogP contribution in [0.4, 0.5) is 4.79 Å². The number of nitrogens with one attached hydrogen (secondary N) is 1. The summed E-state index contributed by atoms with van der Waals surface area (Å²) in [7, 11) is 0. The molecule has 0 aromatic carbocycles. The molecule has 1 aromatic rings. The summed E-state index contributed by atoms with van der Waals surface area (Å²) in [6.07, 6.45) is 3.38. The third-order valence-corrected chi connectivity index (χ3v) is 3.23. The van der Waals surface area contributed by atoms with Crippen molar-refractivity contribution in [3.05, 3.63) is 17.8 Å². The Kier molecular flexibility index (Phi) is 4.79. The lowest BCUT2D eigenvalue weighted by Gasteiger charge is -2.31. The van der Waals surface area contributed by atoms with Crippen LogP contribution >= 0.6 is 0 Å². The summed E-state index contributed by atoms with van der Waals surface area (Å²) in [5, 5.41) is 3.41. The summed E-state index contributed by atoms with van der Waals surface area (Å²) >= 11 is 0. The molecule has 0 saturated carbocycles. The van der Waals surface area contributed by atoms with Gasteiger partial charge in [-0.05, 0) is 26.7 Å². The Balaban J connectivity index is 1.70. The Morgan fingerprint density at radius 2 is 2.32 bits per heavy atom. The topological polar surface area (TPSA) is 67.6 Å². The van der Waals surface area contributed by atoms with Gasteiger partial charge in [-0.25, -0.2) is 9.78 Å². The summed E-state index contributed by atoms with van der Waals surface area (Å²) < 4.78 is 10.4. The van der Waals surface area contributed by atoms with E-state index in [4.69, 9.17) is 9.15 Å². The predicted octanol–water partition coefficient (Wildman–Crippen LogP) is 1.69. The van der Waals surface area contributed by atoms with Gasteiger partial charge in [0, 0.05) is 19.1 Å². The van der Waals surface area contributed by atoms with Crippen LogP contribution in [0.15, 0.2) is 10.6 Å². The molecular formula is C13H21N3O3. The maximum Gasteiger partial charge on any atom is 0.409 e. The van der Waals surface area contributed by atoms with Gasteiger partial charge in [-0.1, -0.05) is 0 Å². The molecule has 1 saturated heterocycles. The van der Waals surface area contributed by atoms with Crippen molar-refractivity contribution in [2.75, 3.05) is 19.7 Å². The van der Waals surface area contributed by atoms with E-state index in [0.29, 0.717) is 25.1 Å². The zero-order valence-corrected chi connectivity index (χ0v) is 11.5. The molecule has 1 aromatic heterocycles.